The predicted molar refractivity (Wildman–Crippen MR) is 64.1 cm³/mol. The number of anilines is 1. The topological polar surface area (TPSA) is 70.1 Å². The van der Waals surface area contributed by atoms with E-state index in [4.69, 9.17) is 5.73 Å². The van der Waals surface area contributed by atoms with E-state index in [1.54, 1.807) is 22.9 Å². The van der Waals surface area contributed by atoms with Crippen LogP contribution in [0.5, 0.6) is 0 Å². The fraction of sp³-hybridized carbons (Fsp3) is 0.167. The lowest BCUT2D eigenvalue weighted by Gasteiger charge is -2.07. The summed E-state index contributed by atoms with van der Waals surface area (Å²) in [7, 11) is 1.33. The summed E-state index contributed by atoms with van der Waals surface area (Å²) in [5.41, 5.74) is 8.13. The Hall–Kier alpha value is -2.30. The van der Waals surface area contributed by atoms with Gasteiger partial charge in [-0.25, -0.2) is 9.48 Å². The molecule has 2 N–H and O–H groups in total. The molecule has 88 valence electrons. The van der Waals surface area contributed by atoms with Crippen LogP contribution in [0.1, 0.15) is 16.1 Å². The standard InChI is InChI=1S/C12H13N3O2/c1-8-5-6-15(14-8)9-3-4-11(13)10(7-9)12(16)17-2/h3-7H,13H2,1-2H3. The van der Waals surface area contributed by atoms with Gasteiger partial charge < -0.3 is 10.5 Å². The van der Waals surface area contributed by atoms with Crippen LogP contribution in [0, 0.1) is 6.92 Å². The zero-order valence-electron chi connectivity index (χ0n) is 9.68. The zero-order valence-corrected chi connectivity index (χ0v) is 9.68. The first-order valence-electron chi connectivity index (χ1n) is 5.12. The van der Waals surface area contributed by atoms with Crippen LogP contribution in [0.15, 0.2) is 30.5 Å². The number of hydrogen-bond acceptors (Lipinski definition) is 4. The van der Waals surface area contributed by atoms with Gasteiger partial charge in [0, 0.05) is 11.9 Å². The smallest absolute Gasteiger partial charge is 0.340 e. The first kappa shape index (κ1) is 11.2. The van der Waals surface area contributed by atoms with Crippen molar-refractivity contribution >= 4 is 11.7 Å². The summed E-state index contributed by atoms with van der Waals surface area (Å²) in [6.07, 6.45) is 1.82. The highest BCUT2D eigenvalue weighted by Crippen LogP contribution is 2.17. The number of rotatable bonds is 2. The van der Waals surface area contributed by atoms with Gasteiger partial charge in [0.15, 0.2) is 0 Å². The van der Waals surface area contributed by atoms with Crippen LogP contribution in [0.4, 0.5) is 5.69 Å². The second-order valence-corrected chi connectivity index (χ2v) is 3.66. The van der Waals surface area contributed by atoms with Crippen LogP contribution in [0.3, 0.4) is 0 Å². The lowest BCUT2D eigenvalue weighted by atomic mass is 10.1. The second-order valence-electron chi connectivity index (χ2n) is 3.66. The summed E-state index contributed by atoms with van der Waals surface area (Å²) in [6, 6.07) is 7.01. The summed E-state index contributed by atoms with van der Waals surface area (Å²) >= 11 is 0. The highest BCUT2D eigenvalue weighted by Gasteiger charge is 2.11. The molecule has 5 heteroatoms. The molecule has 0 atom stereocenters. The van der Waals surface area contributed by atoms with E-state index in [1.165, 1.54) is 7.11 Å². The average molecular weight is 231 g/mol. The van der Waals surface area contributed by atoms with Crippen molar-refractivity contribution < 1.29 is 9.53 Å². The van der Waals surface area contributed by atoms with Crippen molar-refractivity contribution in [3.63, 3.8) is 0 Å². The molecule has 0 saturated carbocycles. The van der Waals surface area contributed by atoms with Crippen molar-refractivity contribution in [2.24, 2.45) is 0 Å². The van der Waals surface area contributed by atoms with Gasteiger partial charge in [-0.05, 0) is 31.2 Å². The van der Waals surface area contributed by atoms with Gasteiger partial charge in [-0.1, -0.05) is 0 Å². The van der Waals surface area contributed by atoms with Gasteiger partial charge in [0.05, 0.1) is 24.1 Å². The Morgan fingerprint density at radius 3 is 2.76 bits per heavy atom. The third-order valence-electron chi connectivity index (χ3n) is 2.43. The highest BCUT2D eigenvalue weighted by atomic mass is 16.5. The molecule has 0 spiro atoms. The highest BCUT2D eigenvalue weighted by molar-refractivity contribution is 5.95. The van der Waals surface area contributed by atoms with Gasteiger partial charge in [-0.3, -0.25) is 0 Å². The van der Waals surface area contributed by atoms with Crippen LogP contribution < -0.4 is 5.73 Å². The van der Waals surface area contributed by atoms with Gasteiger partial charge in [0.25, 0.3) is 0 Å². The number of benzene rings is 1. The van der Waals surface area contributed by atoms with Crippen molar-refractivity contribution in [3.8, 4) is 5.69 Å². The van der Waals surface area contributed by atoms with E-state index in [0.29, 0.717) is 11.3 Å². The molecule has 1 aromatic heterocycles. The van der Waals surface area contributed by atoms with Crippen LogP contribution in [0.2, 0.25) is 0 Å². The third kappa shape index (κ3) is 2.13. The van der Waals surface area contributed by atoms with Gasteiger partial charge in [0.2, 0.25) is 0 Å². The van der Waals surface area contributed by atoms with Gasteiger partial charge in [-0.15, -0.1) is 0 Å². The van der Waals surface area contributed by atoms with Crippen molar-refractivity contribution in [1.82, 2.24) is 9.78 Å². The molecular weight excluding hydrogens is 218 g/mol. The molecule has 0 fully saturated rings. The van der Waals surface area contributed by atoms with E-state index < -0.39 is 5.97 Å². The SMILES string of the molecule is COC(=O)c1cc(-n2ccc(C)n2)ccc1N. The molecular formula is C12H13N3O2. The minimum absolute atomic E-state index is 0.346. The van der Waals surface area contributed by atoms with Gasteiger partial charge >= 0.3 is 5.97 Å². The first-order valence-corrected chi connectivity index (χ1v) is 5.12. The van der Waals surface area contributed by atoms with E-state index in [9.17, 15) is 4.79 Å². The Labute approximate surface area is 98.8 Å². The lowest BCUT2D eigenvalue weighted by molar-refractivity contribution is 0.0602. The molecule has 0 unspecified atom stereocenters. The summed E-state index contributed by atoms with van der Waals surface area (Å²) in [4.78, 5) is 11.5. The molecule has 0 aliphatic rings. The minimum Gasteiger partial charge on any atom is -0.465 e. The zero-order chi connectivity index (χ0) is 12.4. The van der Waals surface area contributed by atoms with Crippen LogP contribution >= 0.6 is 0 Å². The van der Waals surface area contributed by atoms with Gasteiger partial charge in [0.1, 0.15) is 0 Å². The summed E-state index contributed by atoms with van der Waals surface area (Å²) in [5.74, 6) is -0.451. The van der Waals surface area contributed by atoms with E-state index in [0.717, 1.165) is 11.4 Å². The Balaban J connectivity index is 2.47. The first-order chi connectivity index (χ1) is 8.11. The Bertz CT molecular complexity index is 561. The number of methoxy groups -OCH3 is 1. The van der Waals surface area contributed by atoms with E-state index >= 15 is 0 Å². The predicted octanol–water partition coefficient (Wildman–Crippen LogP) is 1.55. The van der Waals surface area contributed by atoms with Crippen LogP contribution in [0.25, 0.3) is 5.69 Å². The molecule has 1 heterocycles. The van der Waals surface area contributed by atoms with Crippen molar-refractivity contribution in [2.75, 3.05) is 12.8 Å². The van der Waals surface area contributed by atoms with E-state index in [1.807, 2.05) is 19.2 Å². The molecule has 2 aromatic rings. The lowest BCUT2D eigenvalue weighted by Crippen LogP contribution is -2.07. The maximum absolute atomic E-state index is 11.5. The third-order valence-corrected chi connectivity index (χ3v) is 2.43. The normalized spacial score (nSPS) is 10.2. The second kappa shape index (κ2) is 4.29. The monoisotopic (exact) mass is 231 g/mol. The maximum Gasteiger partial charge on any atom is 0.340 e. The molecule has 0 aliphatic heterocycles. The summed E-state index contributed by atoms with van der Waals surface area (Å²) in [6.45, 7) is 1.90. The van der Waals surface area contributed by atoms with E-state index in [-0.39, 0.29) is 0 Å². The molecule has 0 saturated heterocycles. The molecule has 0 amide bonds. The Kier molecular flexibility index (Phi) is 2.82. The Morgan fingerprint density at radius 2 is 2.18 bits per heavy atom. The van der Waals surface area contributed by atoms with E-state index in [2.05, 4.69) is 9.84 Å². The number of esters is 1. The largest absolute Gasteiger partial charge is 0.465 e. The molecule has 0 aliphatic carbocycles. The molecule has 2 rings (SSSR count). The number of nitrogens with two attached hydrogens (primary N) is 1. The van der Waals surface area contributed by atoms with Crippen molar-refractivity contribution in [3.05, 3.63) is 41.7 Å². The fourth-order valence-electron chi connectivity index (χ4n) is 1.53. The molecule has 0 bridgehead atoms. The number of hydrogen-bond donors (Lipinski definition) is 1. The molecule has 0 radical (unpaired) electrons. The number of aryl methyl sites for hydroxylation is 1. The minimum atomic E-state index is -0.451. The Morgan fingerprint density at radius 1 is 1.41 bits per heavy atom. The quantitative estimate of drug-likeness (QED) is 0.628. The number of nitrogen functional groups attached to an aromatic ring is 1. The number of ether oxygens (including phenoxy) is 1. The summed E-state index contributed by atoms with van der Waals surface area (Å²) < 4.78 is 6.35. The van der Waals surface area contributed by atoms with Crippen molar-refractivity contribution in [2.45, 2.75) is 6.92 Å². The number of aromatic nitrogens is 2. The van der Waals surface area contributed by atoms with Crippen molar-refractivity contribution in [1.29, 1.82) is 0 Å². The van der Waals surface area contributed by atoms with Gasteiger partial charge in [-0.2, -0.15) is 5.10 Å². The number of carbonyl (C=O) groups is 1. The maximum atomic E-state index is 11.5. The fourth-order valence-corrected chi connectivity index (χ4v) is 1.53. The van der Waals surface area contributed by atoms with Crippen LogP contribution in [-0.4, -0.2) is 22.9 Å². The number of carbonyl (C=O) groups excluding carboxylic acids is 1. The molecule has 1 aromatic carbocycles. The van der Waals surface area contributed by atoms with Crippen LogP contribution in [-0.2, 0) is 4.74 Å². The molecule has 5 nitrogen and oxygen atoms in total. The number of nitrogens with zero attached hydrogens (tertiary/aromatic N) is 2. The average Bonchev–Trinajstić information content (AvgIpc) is 2.75. The summed E-state index contributed by atoms with van der Waals surface area (Å²) in [5, 5.41) is 4.26. The molecule has 17 heavy (non-hydrogen) atoms.